The maximum atomic E-state index is 12.8. The lowest BCUT2D eigenvalue weighted by atomic mass is 10.1. The summed E-state index contributed by atoms with van der Waals surface area (Å²) in [5.41, 5.74) is 0.944. The Hall–Kier alpha value is -2.90. The molecule has 28 heavy (non-hydrogen) atoms. The first-order valence-corrected chi connectivity index (χ1v) is 9.40. The van der Waals surface area contributed by atoms with Crippen LogP contribution in [0.1, 0.15) is 38.0 Å². The molecule has 1 atom stereocenters. The normalized spacial score (nSPS) is 17.5. The minimum atomic E-state index is -0.577. The number of benzene rings is 1. The van der Waals surface area contributed by atoms with Gasteiger partial charge >= 0.3 is 0 Å². The van der Waals surface area contributed by atoms with Gasteiger partial charge in [-0.1, -0.05) is 31.1 Å². The predicted octanol–water partition coefficient (Wildman–Crippen LogP) is 2.04. The number of ether oxygens (including phenoxy) is 1. The van der Waals surface area contributed by atoms with E-state index in [1.54, 1.807) is 18.9 Å². The fourth-order valence-corrected chi connectivity index (χ4v) is 3.19. The smallest absolute Gasteiger partial charge is 0.245 e. The summed E-state index contributed by atoms with van der Waals surface area (Å²) in [6, 6.07) is 6.89. The molecule has 2 amide bonds. The van der Waals surface area contributed by atoms with Crippen LogP contribution in [0.15, 0.2) is 28.8 Å². The summed E-state index contributed by atoms with van der Waals surface area (Å²) in [7, 11) is 1.60. The Morgan fingerprint density at radius 1 is 1.21 bits per heavy atom. The Kier molecular flexibility index (Phi) is 5.96. The number of nitrogens with zero attached hydrogens (tertiary/aromatic N) is 4. The molecular weight excluding hydrogens is 360 g/mol. The zero-order chi connectivity index (χ0) is 20.3. The second-order valence-electron chi connectivity index (χ2n) is 7.44. The molecule has 1 aliphatic heterocycles. The van der Waals surface area contributed by atoms with Crippen molar-refractivity contribution >= 4 is 11.8 Å². The summed E-state index contributed by atoms with van der Waals surface area (Å²) >= 11 is 0. The van der Waals surface area contributed by atoms with Gasteiger partial charge < -0.3 is 19.1 Å². The zero-order valence-corrected chi connectivity index (χ0v) is 16.7. The summed E-state index contributed by atoms with van der Waals surface area (Å²) in [4.78, 5) is 32.9. The van der Waals surface area contributed by atoms with Crippen LogP contribution in [0.25, 0.3) is 0 Å². The molecule has 0 radical (unpaired) electrons. The van der Waals surface area contributed by atoms with Gasteiger partial charge in [-0.3, -0.25) is 9.59 Å². The van der Waals surface area contributed by atoms with Crippen molar-refractivity contribution in [1.82, 2.24) is 19.9 Å². The third-order valence-electron chi connectivity index (χ3n) is 4.72. The zero-order valence-electron chi connectivity index (χ0n) is 16.7. The number of rotatable bonds is 7. The molecule has 1 aromatic carbocycles. The molecule has 0 spiro atoms. The highest BCUT2D eigenvalue weighted by Crippen LogP contribution is 2.19. The molecule has 150 valence electrons. The first-order valence-electron chi connectivity index (χ1n) is 9.40. The molecule has 2 heterocycles. The molecule has 0 unspecified atom stereocenters. The van der Waals surface area contributed by atoms with Crippen LogP contribution < -0.4 is 4.74 Å². The Bertz CT molecular complexity index is 831. The van der Waals surface area contributed by atoms with Gasteiger partial charge in [0, 0.05) is 13.0 Å². The van der Waals surface area contributed by atoms with E-state index in [-0.39, 0.29) is 24.9 Å². The maximum Gasteiger partial charge on any atom is 0.245 e. The Morgan fingerprint density at radius 3 is 2.57 bits per heavy atom. The topological polar surface area (TPSA) is 88.8 Å². The molecule has 8 heteroatoms. The van der Waals surface area contributed by atoms with E-state index >= 15 is 0 Å². The maximum absolute atomic E-state index is 12.8. The van der Waals surface area contributed by atoms with E-state index < -0.39 is 6.04 Å². The van der Waals surface area contributed by atoms with Crippen molar-refractivity contribution in [2.75, 3.05) is 13.7 Å². The fraction of sp³-hybridized carbons (Fsp3) is 0.500. The Balaban J connectivity index is 1.65. The highest BCUT2D eigenvalue weighted by molar-refractivity contribution is 5.94. The van der Waals surface area contributed by atoms with Gasteiger partial charge in [0.05, 0.1) is 13.7 Å². The van der Waals surface area contributed by atoms with Gasteiger partial charge in [0.2, 0.25) is 17.7 Å². The molecule has 1 saturated heterocycles. The molecule has 8 nitrogen and oxygen atoms in total. The van der Waals surface area contributed by atoms with Crippen LogP contribution in [-0.2, 0) is 29.1 Å². The van der Waals surface area contributed by atoms with Crippen molar-refractivity contribution in [3.05, 3.63) is 41.5 Å². The van der Waals surface area contributed by atoms with Crippen molar-refractivity contribution in [2.24, 2.45) is 5.92 Å². The largest absolute Gasteiger partial charge is 0.497 e. The number of piperazine rings is 1. The molecule has 2 aromatic rings. The van der Waals surface area contributed by atoms with E-state index in [9.17, 15) is 9.59 Å². The highest BCUT2D eigenvalue weighted by Gasteiger charge is 2.37. The first-order chi connectivity index (χ1) is 13.4. The number of hydrogen-bond acceptors (Lipinski definition) is 6. The SMILES string of the molecule is COc1ccc(CN2CC(=O)N(Cc3noc(CC(C)C)n3)[C@@H](C)C2=O)cc1. The van der Waals surface area contributed by atoms with Crippen LogP contribution in [-0.4, -0.2) is 51.5 Å². The van der Waals surface area contributed by atoms with Crippen LogP contribution in [0, 0.1) is 5.92 Å². The Morgan fingerprint density at radius 2 is 1.93 bits per heavy atom. The number of amides is 2. The van der Waals surface area contributed by atoms with Gasteiger partial charge in [-0.05, 0) is 30.5 Å². The summed E-state index contributed by atoms with van der Waals surface area (Å²) in [5, 5.41) is 3.94. The van der Waals surface area contributed by atoms with Gasteiger partial charge in [-0.15, -0.1) is 0 Å². The first kappa shape index (κ1) is 19.9. The van der Waals surface area contributed by atoms with Crippen LogP contribution in [0.3, 0.4) is 0 Å². The van der Waals surface area contributed by atoms with E-state index in [4.69, 9.17) is 9.26 Å². The number of carbonyl (C=O) groups is 2. The van der Waals surface area contributed by atoms with E-state index in [2.05, 4.69) is 24.0 Å². The molecule has 1 fully saturated rings. The van der Waals surface area contributed by atoms with E-state index in [1.165, 1.54) is 4.90 Å². The molecule has 0 N–H and O–H groups in total. The summed E-state index contributed by atoms with van der Waals surface area (Å²) in [6.45, 7) is 6.45. The number of aromatic nitrogens is 2. The lowest BCUT2D eigenvalue weighted by Gasteiger charge is -2.38. The minimum Gasteiger partial charge on any atom is -0.497 e. The van der Waals surface area contributed by atoms with Gasteiger partial charge in [0.1, 0.15) is 18.3 Å². The van der Waals surface area contributed by atoms with Crippen LogP contribution >= 0.6 is 0 Å². The van der Waals surface area contributed by atoms with Crippen LogP contribution in [0.2, 0.25) is 0 Å². The van der Waals surface area contributed by atoms with E-state index in [0.717, 1.165) is 11.3 Å². The number of carbonyl (C=O) groups excluding carboxylic acids is 2. The standard InChI is InChI=1S/C20H26N4O4/c1-13(2)9-18-21-17(22-28-18)11-24-14(3)20(26)23(12-19(24)25)10-15-5-7-16(27-4)8-6-15/h5-8,13-14H,9-12H2,1-4H3/t14-/m0/s1. The average molecular weight is 386 g/mol. The highest BCUT2D eigenvalue weighted by atomic mass is 16.5. The summed E-state index contributed by atoms with van der Waals surface area (Å²) < 4.78 is 10.4. The van der Waals surface area contributed by atoms with Crippen molar-refractivity contribution < 1.29 is 18.8 Å². The summed E-state index contributed by atoms with van der Waals surface area (Å²) in [6.07, 6.45) is 0.686. The molecular formula is C20H26N4O4. The second-order valence-corrected chi connectivity index (χ2v) is 7.44. The number of hydrogen-bond donors (Lipinski definition) is 0. The quantitative estimate of drug-likeness (QED) is 0.723. The molecule has 1 aromatic heterocycles. The molecule has 3 rings (SSSR count). The molecule has 0 saturated carbocycles. The van der Waals surface area contributed by atoms with E-state index in [1.807, 2.05) is 24.3 Å². The second kappa shape index (κ2) is 8.41. The molecule has 0 aliphatic carbocycles. The van der Waals surface area contributed by atoms with Gasteiger partial charge in [0.25, 0.3) is 0 Å². The van der Waals surface area contributed by atoms with Crippen molar-refractivity contribution in [3.63, 3.8) is 0 Å². The monoisotopic (exact) mass is 386 g/mol. The predicted molar refractivity (Wildman–Crippen MR) is 101 cm³/mol. The van der Waals surface area contributed by atoms with Gasteiger partial charge in [-0.2, -0.15) is 4.98 Å². The van der Waals surface area contributed by atoms with Crippen molar-refractivity contribution in [3.8, 4) is 5.75 Å². The van der Waals surface area contributed by atoms with Gasteiger partial charge in [0.15, 0.2) is 5.82 Å². The third kappa shape index (κ3) is 4.49. The lowest BCUT2D eigenvalue weighted by Crippen LogP contribution is -2.58. The van der Waals surface area contributed by atoms with Crippen LogP contribution in [0.5, 0.6) is 5.75 Å². The Labute approximate surface area is 164 Å². The van der Waals surface area contributed by atoms with Crippen molar-refractivity contribution in [1.29, 1.82) is 0 Å². The fourth-order valence-electron chi connectivity index (χ4n) is 3.19. The summed E-state index contributed by atoms with van der Waals surface area (Å²) in [5.74, 6) is 1.90. The molecule has 0 bridgehead atoms. The molecule has 1 aliphatic rings. The minimum absolute atomic E-state index is 0.0336. The van der Waals surface area contributed by atoms with Gasteiger partial charge in [-0.25, -0.2) is 0 Å². The number of methoxy groups -OCH3 is 1. The average Bonchev–Trinajstić information content (AvgIpc) is 3.10. The third-order valence-corrected chi connectivity index (χ3v) is 4.72. The lowest BCUT2D eigenvalue weighted by molar-refractivity contribution is -0.156. The van der Waals surface area contributed by atoms with Crippen LogP contribution in [0.4, 0.5) is 0 Å². The van der Waals surface area contributed by atoms with Crippen molar-refractivity contribution in [2.45, 2.75) is 46.3 Å². The van der Waals surface area contributed by atoms with E-state index in [0.29, 0.717) is 30.6 Å².